The van der Waals surface area contributed by atoms with Crippen LogP contribution in [0.4, 0.5) is 0 Å². The van der Waals surface area contributed by atoms with E-state index in [9.17, 15) is 0 Å². The number of imidazole rings is 2. The number of nitrogens with one attached hydrogen (secondary N) is 1. The van der Waals surface area contributed by atoms with Gasteiger partial charge in [0.1, 0.15) is 17.2 Å². The fourth-order valence-electron chi connectivity index (χ4n) is 3.64. The van der Waals surface area contributed by atoms with Crippen LogP contribution in [-0.2, 0) is 11.3 Å². The van der Waals surface area contributed by atoms with Crippen LogP contribution in [0.25, 0.3) is 28.3 Å². The first-order valence-corrected chi connectivity index (χ1v) is 8.76. The van der Waals surface area contributed by atoms with E-state index in [4.69, 9.17) is 9.15 Å². The average molecular weight is 337 g/mol. The van der Waals surface area contributed by atoms with Crippen LogP contribution in [0.2, 0.25) is 0 Å². The number of furan rings is 1. The zero-order valence-electron chi connectivity index (χ0n) is 14.0. The van der Waals surface area contributed by atoms with Crippen LogP contribution in [-0.4, -0.2) is 47.1 Å². The molecule has 1 aliphatic heterocycles. The lowest BCUT2D eigenvalue weighted by Crippen LogP contribution is -2.44. The van der Waals surface area contributed by atoms with Crippen LogP contribution in [0, 0.1) is 0 Å². The second-order valence-corrected chi connectivity index (χ2v) is 6.43. The Labute approximate surface area is 145 Å². The van der Waals surface area contributed by atoms with E-state index in [2.05, 4.69) is 49.3 Å². The van der Waals surface area contributed by atoms with Crippen molar-refractivity contribution in [3.63, 3.8) is 0 Å². The standard InChI is InChI=1S/C19H20N4O2/c1-2-5-17-16(4-1)22(8-7-21-9-12-24-13-10-21)19-20-15(14-23(17)19)18-6-3-11-25-18/h1-6,11,14H,7-10,12-13H2/p+1. The van der Waals surface area contributed by atoms with Crippen molar-refractivity contribution in [1.82, 2.24) is 14.3 Å². The molecule has 1 N–H and O–H groups in total. The Hall–Kier alpha value is -2.57. The number of aromatic amines is 1. The summed E-state index contributed by atoms with van der Waals surface area (Å²) in [6, 6.07) is 12.4. The molecule has 0 saturated carbocycles. The molecular weight excluding hydrogens is 316 g/mol. The molecule has 25 heavy (non-hydrogen) atoms. The van der Waals surface area contributed by atoms with E-state index in [0.717, 1.165) is 56.6 Å². The SMILES string of the molecule is c1coc(-c2cn3c4ccccc4[n+](CCN4CCOCC4)c3[nH]2)c1. The lowest BCUT2D eigenvalue weighted by atomic mass is 10.3. The van der Waals surface area contributed by atoms with E-state index in [-0.39, 0.29) is 0 Å². The fourth-order valence-corrected chi connectivity index (χ4v) is 3.64. The number of aromatic nitrogens is 3. The van der Waals surface area contributed by atoms with Gasteiger partial charge in [-0.25, -0.2) is 9.55 Å². The number of hydrogen-bond donors (Lipinski definition) is 1. The Kier molecular flexibility index (Phi) is 3.57. The summed E-state index contributed by atoms with van der Waals surface area (Å²) in [6.45, 7) is 5.65. The van der Waals surface area contributed by atoms with Gasteiger partial charge in [-0.3, -0.25) is 4.90 Å². The number of morpholine rings is 1. The van der Waals surface area contributed by atoms with E-state index >= 15 is 0 Å². The van der Waals surface area contributed by atoms with Crippen LogP contribution in [0.5, 0.6) is 0 Å². The molecule has 4 aromatic rings. The summed E-state index contributed by atoms with van der Waals surface area (Å²) in [5.74, 6) is 1.94. The Morgan fingerprint density at radius 1 is 1.08 bits per heavy atom. The molecule has 0 bridgehead atoms. The molecule has 6 heteroatoms. The third-order valence-corrected chi connectivity index (χ3v) is 4.95. The van der Waals surface area contributed by atoms with Crippen LogP contribution in [0.1, 0.15) is 0 Å². The number of para-hydroxylation sites is 2. The molecule has 1 aromatic carbocycles. The number of benzene rings is 1. The minimum Gasteiger partial charge on any atom is -0.461 e. The van der Waals surface area contributed by atoms with Crippen LogP contribution < -0.4 is 4.57 Å². The van der Waals surface area contributed by atoms with Gasteiger partial charge in [-0.1, -0.05) is 12.1 Å². The topological polar surface area (TPSA) is 49.7 Å². The van der Waals surface area contributed by atoms with Gasteiger partial charge in [0.05, 0.1) is 26.0 Å². The smallest absolute Gasteiger partial charge is 0.368 e. The highest BCUT2D eigenvalue weighted by Gasteiger charge is 2.22. The summed E-state index contributed by atoms with van der Waals surface area (Å²) in [4.78, 5) is 6.00. The van der Waals surface area contributed by atoms with Crippen LogP contribution in [0.15, 0.2) is 53.3 Å². The molecule has 0 radical (unpaired) electrons. The van der Waals surface area contributed by atoms with Crippen LogP contribution in [0.3, 0.4) is 0 Å². The molecule has 0 spiro atoms. The van der Waals surface area contributed by atoms with E-state index in [0.29, 0.717) is 0 Å². The summed E-state index contributed by atoms with van der Waals surface area (Å²) in [6.07, 6.45) is 3.82. The lowest BCUT2D eigenvalue weighted by molar-refractivity contribution is -0.647. The van der Waals surface area contributed by atoms with Gasteiger partial charge in [0.25, 0.3) is 0 Å². The maximum absolute atomic E-state index is 5.55. The molecule has 0 unspecified atom stereocenters. The molecule has 1 saturated heterocycles. The molecule has 4 heterocycles. The van der Waals surface area contributed by atoms with Crippen LogP contribution >= 0.6 is 0 Å². The maximum atomic E-state index is 5.55. The normalized spacial score (nSPS) is 16.2. The van der Waals surface area contributed by atoms with Crippen molar-refractivity contribution in [2.45, 2.75) is 6.54 Å². The van der Waals surface area contributed by atoms with E-state index in [1.165, 1.54) is 11.0 Å². The predicted octanol–water partition coefficient (Wildman–Crippen LogP) is 2.30. The first-order valence-electron chi connectivity index (χ1n) is 8.76. The van der Waals surface area contributed by atoms with Crippen molar-refractivity contribution in [1.29, 1.82) is 0 Å². The highest BCUT2D eigenvalue weighted by Crippen LogP contribution is 2.22. The Morgan fingerprint density at radius 3 is 2.80 bits per heavy atom. The summed E-state index contributed by atoms with van der Waals surface area (Å²) in [7, 11) is 0. The first-order chi connectivity index (χ1) is 12.4. The van der Waals surface area contributed by atoms with E-state index in [1.54, 1.807) is 6.26 Å². The lowest BCUT2D eigenvalue weighted by Gasteiger charge is -2.25. The van der Waals surface area contributed by atoms with Crippen molar-refractivity contribution in [3.8, 4) is 11.5 Å². The number of ether oxygens (including phenoxy) is 1. The Bertz CT molecular complexity index is 993. The zero-order valence-corrected chi connectivity index (χ0v) is 14.0. The summed E-state index contributed by atoms with van der Waals surface area (Å²) in [5.41, 5.74) is 3.44. The molecule has 6 nitrogen and oxygen atoms in total. The minimum atomic E-state index is 0.835. The minimum absolute atomic E-state index is 0.835. The highest BCUT2D eigenvalue weighted by molar-refractivity contribution is 5.76. The molecule has 1 fully saturated rings. The number of nitrogens with zero attached hydrogens (tertiary/aromatic N) is 3. The molecular formula is C19H21N4O2+. The number of H-pyrrole nitrogens is 1. The number of fused-ring (bicyclic) bond motifs is 3. The van der Waals surface area contributed by atoms with Gasteiger partial charge < -0.3 is 9.15 Å². The zero-order chi connectivity index (χ0) is 16.6. The van der Waals surface area contributed by atoms with Gasteiger partial charge in [-0.15, -0.1) is 0 Å². The maximum Gasteiger partial charge on any atom is 0.368 e. The van der Waals surface area contributed by atoms with Gasteiger partial charge in [0.15, 0.2) is 11.5 Å². The Balaban J connectivity index is 1.56. The van der Waals surface area contributed by atoms with Crippen molar-refractivity contribution in [2.75, 3.05) is 32.8 Å². The van der Waals surface area contributed by atoms with Gasteiger partial charge in [0.2, 0.25) is 0 Å². The van der Waals surface area contributed by atoms with Crippen molar-refractivity contribution in [3.05, 3.63) is 48.9 Å². The second-order valence-electron chi connectivity index (χ2n) is 6.43. The predicted molar refractivity (Wildman–Crippen MR) is 94.4 cm³/mol. The third-order valence-electron chi connectivity index (χ3n) is 4.95. The molecule has 3 aromatic heterocycles. The molecule has 128 valence electrons. The quantitative estimate of drug-likeness (QED) is 0.581. The van der Waals surface area contributed by atoms with E-state index in [1.807, 2.05) is 12.1 Å². The number of rotatable bonds is 4. The number of hydrogen-bond acceptors (Lipinski definition) is 3. The highest BCUT2D eigenvalue weighted by atomic mass is 16.5. The summed E-state index contributed by atoms with van der Waals surface area (Å²) < 4.78 is 15.6. The summed E-state index contributed by atoms with van der Waals surface area (Å²) >= 11 is 0. The molecule has 0 aliphatic carbocycles. The van der Waals surface area contributed by atoms with Crippen molar-refractivity contribution >= 4 is 16.8 Å². The molecule has 0 atom stereocenters. The van der Waals surface area contributed by atoms with Crippen molar-refractivity contribution < 1.29 is 13.7 Å². The largest absolute Gasteiger partial charge is 0.461 e. The third kappa shape index (κ3) is 2.54. The second kappa shape index (κ2) is 6.06. The van der Waals surface area contributed by atoms with E-state index < -0.39 is 0 Å². The molecule has 5 rings (SSSR count). The van der Waals surface area contributed by atoms with Gasteiger partial charge in [-0.05, 0) is 24.3 Å². The fraction of sp³-hybridized carbons (Fsp3) is 0.316. The first kappa shape index (κ1) is 14.7. The van der Waals surface area contributed by atoms with Gasteiger partial charge >= 0.3 is 5.78 Å². The van der Waals surface area contributed by atoms with Gasteiger partial charge in [-0.2, -0.15) is 4.40 Å². The molecule has 0 amide bonds. The van der Waals surface area contributed by atoms with Crippen molar-refractivity contribution in [2.24, 2.45) is 0 Å². The average Bonchev–Trinajstić information content (AvgIpc) is 3.37. The summed E-state index contributed by atoms with van der Waals surface area (Å²) in [5, 5.41) is 0. The van der Waals surface area contributed by atoms with Gasteiger partial charge in [0, 0.05) is 19.6 Å². The Morgan fingerprint density at radius 2 is 1.96 bits per heavy atom. The monoisotopic (exact) mass is 337 g/mol. The molecule has 1 aliphatic rings.